The summed E-state index contributed by atoms with van der Waals surface area (Å²) in [5, 5.41) is 9.95. The van der Waals surface area contributed by atoms with Crippen molar-refractivity contribution in [3.05, 3.63) is 89.6 Å². The number of aromatic nitrogens is 3. The van der Waals surface area contributed by atoms with Gasteiger partial charge in [0.05, 0.1) is 42.4 Å². The number of halogens is 1. The van der Waals surface area contributed by atoms with Gasteiger partial charge in [-0.15, -0.1) is 0 Å². The van der Waals surface area contributed by atoms with Crippen molar-refractivity contribution < 1.29 is 23.7 Å². The Morgan fingerprint density at radius 1 is 0.979 bits per heavy atom. The van der Waals surface area contributed by atoms with Crippen molar-refractivity contribution in [1.82, 2.24) is 19.7 Å². The summed E-state index contributed by atoms with van der Waals surface area (Å²) in [7, 11) is 3.26. The Kier molecular flexibility index (Phi) is 9.63. The number of carbonyl (C=O) groups excluding carboxylic acids is 1. The molecule has 1 aliphatic heterocycles. The molecule has 0 spiro atoms. The smallest absolute Gasteiger partial charge is 0.410 e. The Labute approximate surface area is 285 Å². The zero-order valence-electron chi connectivity index (χ0n) is 27.8. The Bertz CT molecular complexity index is 1890. The van der Waals surface area contributed by atoms with Gasteiger partial charge in [0.1, 0.15) is 40.1 Å². The van der Waals surface area contributed by atoms with Crippen LogP contribution in [0.2, 0.25) is 5.02 Å². The summed E-state index contributed by atoms with van der Waals surface area (Å²) >= 11 is 6.94. The van der Waals surface area contributed by atoms with Crippen molar-refractivity contribution in [2.45, 2.75) is 51.8 Å². The lowest BCUT2D eigenvalue weighted by atomic mass is 10.1. The summed E-state index contributed by atoms with van der Waals surface area (Å²) in [6, 6.07) is 23.0. The van der Waals surface area contributed by atoms with Gasteiger partial charge in [0.2, 0.25) is 0 Å². The highest BCUT2D eigenvalue weighted by Gasteiger charge is 2.31. The van der Waals surface area contributed by atoms with Crippen LogP contribution >= 0.6 is 11.6 Å². The average molecular weight is 670 g/mol. The third kappa shape index (κ3) is 7.28. The van der Waals surface area contributed by atoms with Crippen LogP contribution in [0.4, 0.5) is 10.6 Å². The molecule has 3 heterocycles. The Balaban J connectivity index is 1.40. The van der Waals surface area contributed by atoms with Gasteiger partial charge >= 0.3 is 6.09 Å². The number of hydrogen-bond acceptors (Lipinski definition) is 8. The molecule has 1 N–H and O–H groups in total. The van der Waals surface area contributed by atoms with Crippen molar-refractivity contribution in [1.29, 1.82) is 0 Å². The molecule has 1 atom stereocenters. The van der Waals surface area contributed by atoms with Gasteiger partial charge in [-0.05, 0) is 82.1 Å². The molecular weight excluding hydrogens is 630 g/mol. The third-order valence-corrected chi connectivity index (χ3v) is 8.40. The van der Waals surface area contributed by atoms with Crippen LogP contribution in [-0.2, 0) is 11.3 Å². The number of nitrogens with zero attached hydrogens (tertiary/aromatic N) is 4. The SMILES string of the molecule is COc1ccc(CNc2ncc(Cl)c3c2c(-c2ccc(Oc4ccccc4)cc2)nn3C2CCCN(C(=O)OC(C)(C)C)C2)c(OC)c1. The van der Waals surface area contributed by atoms with E-state index in [4.69, 9.17) is 40.6 Å². The lowest BCUT2D eigenvalue weighted by Gasteiger charge is -2.34. The molecule has 0 radical (unpaired) electrons. The van der Waals surface area contributed by atoms with E-state index in [9.17, 15) is 4.79 Å². The van der Waals surface area contributed by atoms with Crippen molar-refractivity contribution >= 4 is 34.4 Å². The quantitative estimate of drug-likeness (QED) is 0.166. The number of fused-ring (bicyclic) bond motifs is 1. The maximum atomic E-state index is 13.1. The van der Waals surface area contributed by atoms with Gasteiger partial charge in [-0.3, -0.25) is 4.68 Å². The van der Waals surface area contributed by atoms with Crippen LogP contribution in [0.25, 0.3) is 22.2 Å². The van der Waals surface area contributed by atoms with E-state index < -0.39 is 5.60 Å². The van der Waals surface area contributed by atoms with Crippen LogP contribution < -0.4 is 19.5 Å². The van der Waals surface area contributed by atoms with Crippen LogP contribution in [0.15, 0.2) is 79.0 Å². The minimum absolute atomic E-state index is 0.127. The Morgan fingerprint density at radius 3 is 2.42 bits per heavy atom. The number of para-hydroxylation sites is 1. The van der Waals surface area contributed by atoms with Crippen LogP contribution in [0.3, 0.4) is 0 Å². The lowest BCUT2D eigenvalue weighted by Crippen LogP contribution is -2.43. The monoisotopic (exact) mass is 669 g/mol. The second-order valence-electron chi connectivity index (χ2n) is 12.7. The largest absolute Gasteiger partial charge is 0.497 e. The fraction of sp³-hybridized carbons (Fsp3) is 0.324. The molecule has 1 saturated heterocycles. The molecule has 1 aliphatic rings. The molecule has 250 valence electrons. The molecule has 6 rings (SSSR count). The number of amides is 1. The van der Waals surface area contributed by atoms with E-state index in [2.05, 4.69) is 5.32 Å². The molecule has 3 aromatic carbocycles. The van der Waals surface area contributed by atoms with Crippen molar-refractivity contribution in [3.8, 4) is 34.3 Å². The van der Waals surface area contributed by atoms with Gasteiger partial charge in [0.15, 0.2) is 0 Å². The molecule has 48 heavy (non-hydrogen) atoms. The van der Waals surface area contributed by atoms with E-state index in [0.29, 0.717) is 53.4 Å². The van der Waals surface area contributed by atoms with Gasteiger partial charge in [-0.2, -0.15) is 5.10 Å². The molecule has 1 fully saturated rings. The molecule has 5 aromatic rings. The zero-order chi connectivity index (χ0) is 33.8. The Morgan fingerprint density at radius 2 is 1.71 bits per heavy atom. The van der Waals surface area contributed by atoms with Crippen molar-refractivity contribution in [2.24, 2.45) is 0 Å². The summed E-state index contributed by atoms with van der Waals surface area (Å²) in [5.74, 6) is 3.48. The van der Waals surface area contributed by atoms with E-state index in [-0.39, 0.29) is 12.1 Å². The molecule has 1 unspecified atom stereocenters. The molecule has 11 heteroatoms. The van der Waals surface area contributed by atoms with E-state index in [1.54, 1.807) is 25.3 Å². The number of hydrogen-bond donors (Lipinski definition) is 1. The number of benzene rings is 3. The predicted octanol–water partition coefficient (Wildman–Crippen LogP) is 8.75. The lowest BCUT2D eigenvalue weighted by molar-refractivity contribution is 0.0169. The van der Waals surface area contributed by atoms with E-state index in [0.717, 1.165) is 40.6 Å². The van der Waals surface area contributed by atoms with E-state index in [1.165, 1.54) is 0 Å². The number of rotatable bonds is 9. The van der Waals surface area contributed by atoms with Gasteiger partial charge < -0.3 is 29.2 Å². The minimum Gasteiger partial charge on any atom is -0.497 e. The summed E-state index contributed by atoms with van der Waals surface area (Å²) in [4.78, 5) is 19.6. The number of likely N-dealkylation sites (tertiary alicyclic amines) is 1. The van der Waals surface area contributed by atoms with Crippen LogP contribution in [0.1, 0.15) is 45.2 Å². The van der Waals surface area contributed by atoms with Crippen LogP contribution in [0, 0.1) is 0 Å². The molecular formula is C37H40ClN5O5. The number of nitrogens with one attached hydrogen (secondary N) is 1. The third-order valence-electron chi connectivity index (χ3n) is 8.12. The highest BCUT2D eigenvalue weighted by molar-refractivity contribution is 6.35. The standard InChI is InChI=1S/C37H40ClN5O5/c1-37(2,3)48-36(44)42-19-9-10-26(23-42)43-34-30(38)22-40-35(39-21-25-15-18-29(45-4)20-31(25)46-5)32(34)33(41-43)24-13-16-28(17-14-24)47-27-11-7-6-8-12-27/h6-8,11-18,20,22,26H,9-10,19,21,23H2,1-5H3,(H,39,40). The van der Waals surface area contributed by atoms with Crippen molar-refractivity contribution in [3.63, 3.8) is 0 Å². The van der Waals surface area contributed by atoms with Gasteiger partial charge in [0, 0.05) is 36.8 Å². The van der Waals surface area contributed by atoms with E-state index >= 15 is 0 Å². The van der Waals surface area contributed by atoms with Gasteiger partial charge in [0.25, 0.3) is 0 Å². The Hall–Kier alpha value is -4.96. The average Bonchev–Trinajstić information content (AvgIpc) is 3.50. The number of ether oxygens (including phenoxy) is 4. The summed E-state index contributed by atoms with van der Waals surface area (Å²) < 4.78 is 24.7. The first kappa shape index (κ1) is 33.0. The van der Waals surface area contributed by atoms with Crippen molar-refractivity contribution in [2.75, 3.05) is 32.6 Å². The number of pyridine rings is 1. The molecule has 0 aliphatic carbocycles. The summed E-state index contributed by atoms with van der Waals surface area (Å²) in [6.45, 7) is 7.11. The first-order chi connectivity index (χ1) is 23.1. The van der Waals surface area contributed by atoms with Crippen LogP contribution in [-0.4, -0.2) is 58.7 Å². The number of methoxy groups -OCH3 is 2. The summed E-state index contributed by atoms with van der Waals surface area (Å²) in [6.07, 6.45) is 2.94. The number of carbonyl (C=O) groups is 1. The fourth-order valence-electron chi connectivity index (χ4n) is 5.86. The first-order valence-electron chi connectivity index (χ1n) is 16.0. The highest BCUT2D eigenvalue weighted by atomic mass is 35.5. The predicted molar refractivity (Wildman–Crippen MR) is 187 cm³/mol. The fourth-order valence-corrected chi connectivity index (χ4v) is 6.09. The van der Waals surface area contributed by atoms with Gasteiger partial charge in [-0.25, -0.2) is 9.78 Å². The maximum Gasteiger partial charge on any atom is 0.410 e. The maximum absolute atomic E-state index is 13.1. The second kappa shape index (κ2) is 14.0. The number of piperidine rings is 1. The topological polar surface area (TPSA) is 100.0 Å². The van der Waals surface area contributed by atoms with E-state index in [1.807, 2.05) is 98.2 Å². The molecule has 1 amide bonds. The highest BCUT2D eigenvalue weighted by Crippen LogP contribution is 2.40. The molecule has 0 bridgehead atoms. The summed E-state index contributed by atoms with van der Waals surface area (Å²) in [5.41, 5.74) is 2.66. The molecule has 0 saturated carbocycles. The molecule has 2 aromatic heterocycles. The number of anilines is 1. The van der Waals surface area contributed by atoms with Gasteiger partial charge in [-0.1, -0.05) is 29.8 Å². The second-order valence-corrected chi connectivity index (χ2v) is 13.1. The first-order valence-corrected chi connectivity index (χ1v) is 16.3. The van der Waals surface area contributed by atoms with Crippen LogP contribution in [0.5, 0.6) is 23.0 Å². The zero-order valence-corrected chi connectivity index (χ0v) is 28.6. The minimum atomic E-state index is -0.589. The molecule has 10 nitrogen and oxygen atoms in total. The normalized spacial score (nSPS) is 14.9.